The van der Waals surface area contributed by atoms with Crippen LogP contribution in [0, 0.1) is 0 Å². The first-order valence-corrected chi connectivity index (χ1v) is 6.13. The molecule has 0 spiro atoms. The van der Waals surface area contributed by atoms with Gasteiger partial charge in [0.1, 0.15) is 0 Å². The first-order chi connectivity index (χ1) is 8.43. The highest BCUT2D eigenvalue weighted by Crippen LogP contribution is 2.25. The Balaban J connectivity index is 1.86. The van der Waals surface area contributed by atoms with E-state index in [1.165, 1.54) is 16.7 Å². The predicted molar refractivity (Wildman–Crippen MR) is 68.8 cm³/mol. The molecule has 2 heteroatoms. The third kappa shape index (κ3) is 2.22. The van der Waals surface area contributed by atoms with Crippen molar-refractivity contribution in [3.05, 3.63) is 65.5 Å². The highest BCUT2D eigenvalue weighted by Gasteiger charge is 2.18. The van der Waals surface area contributed by atoms with Crippen molar-refractivity contribution < 1.29 is 0 Å². The lowest BCUT2D eigenvalue weighted by Crippen LogP contribution is -2.31. The number of fused-ring (bicyclic) bond motifs is 1. The van der Waals surface area contributed by atoms with Crippen LogP contribution in [-0.2, 0) is 12.8 Å². The van der Waals surface area contributed by atoms with E-state index in [-0.39, 0.29) is 0 Å². The molecule has 0 fully saturated rings. The maximum atomic E-state index is 4.06. The third-order valence-corrected chi connectivity index (χ3v) is 3.40. The first-order valence-electron chi connectivity index (χ1n) is 6.13. The van der Waals surface area contributed by atoms with Crippen molar-refractivity contribution in [3.8, 4) is 0 Å². The average molecular weight is 224 g/mol. The molecule has 3 rings (SSSR count). The Morgan fingerprint density at radius 3 is 2.82 bits per heavy atom. The van der Waals surface area contributed by atoms with Crippen molar-refractivity contribution in [2.24, 2.45) is 0 Å². The fraction of sp³-hybridized carbons (Fsp3) is 0.267. The van der Waals surface area contributed by atoms with E-state index >= 15 is 0 Å². The van der Waals surface area contributed by atoms with Crippen LogP contribution in [0.5, 0.6) is 0 Å². The van der Waals surface area contributed by atoms with Gasteiger partial charge in [-0.05, 0) is 48.2 Å². The van der Waals surface area contributed by atoms with Crippen LogP contribution in [0.2, 0.25) is 0 Å². The second kappa shape index (κ2) is 4.68. The molecule has 0 unspecified atom stereocenters. The standard InChI is InChI=1S/C15H16N2/c1-2-4-14-13(3-1)7-10-17-15(14)11-12-5-8-16-9-6-12/h1-6,8-9,15,17H,7,10-11H2/t15-/m1/s1. The zero-order chi connectivity index (χ0) is 11.5. The molecule has 0 saturated carbocycles. The van der Waals surface area contributed by atoms with Gasteiger partial charge >= 0.3 is 0 Å². The van der Waals surface area contributed by atoms with Crippen LogP contribution in [0.4, 0.5) is 0 Å². The van der Waals surface area contributed by atoms with Crippen molar-refractivity contribution in [1.82, 2.24) is 10.3 Å². The molecule has 2 nitrogen and oxygen atoms in total. The number of rotatable bonds is 2. The normalized spacial score (nSPS) is 18.7. The smallest absolute Gasteiger partial charge is 0.0363 e. The van der Waals surface area contributed by atoms with Crippen LogP contribution >= 0.6 is 0 Å². The summed E-state index contributed by atoms with van der Waals surface area (Å²) < 4.78 is 0. The zero-order valence-electron chi connectivity index (χ0n) is 9.76. The highest BCUT2D eigenvalue weighted by molar-refractivity contribution is 5.33. The number of benzene rings is 1. The monoisotopic (exact) mass is 224 g/mol. The predicted octanol–water partition coefficient (Wildman–Crippen LogP) is 2.51. The van der Waals surface area contributed by atoms with Gasteiger partial charge in [-0.3, -0.25) is 4.98 Å². The summed E-state index contributed by atoms with van der Waals surface area (Å²) in [4.78, 5) is 4.06. The summed E-state index contributed by atoms with van der Waals surface area (Å²) in [6.07, 6.45) is 5.91. The van der Waals surface area contributed by atoms with Crippen LogP contribution in [0.3, 0.4) is 0 Å². The minimum atomic E-state index is 0.447. The topological polar surface area (TPSA) is 24.9 Å². The van der Waals surface area contributed by atoms with E-state index in [9.17, 15) is 0 Å². The highest BCUT2D eigenvalue weighted by atomic mass is 14.9. The van der Waals surface area contributed by atoms with Crippen LogP contribution in [0.15, 0.2) is 48.8 Å². The van der Waals surface area contributed by atoms with Gasteiger partial charge in [0.2, 0.25) is 0 Å². The Bertz CT molecular complexity index is 493. The summed E-state index contributed by atoms with van der Waals surface area (Å²) >= 11 is 0. The van der Waals surface area contributed by atoms with Crippen LogP contribution in [0.1, 0.15) is 22.7 Å². The van der Waals surface area contributed by atoms with E-state index < -0.39 is 0 Å². The Kier molecular flexibility index (Phi) is 2.88. The fourth-order valence-corrected chi connectivity index (χ4v) is 2.53. The molecule has 1 N–H and O–H groups in total. The van der Waals surface area contributed by atoms with Crippen molar-refractivity contribution in [3.63, 3.8) is 0 Å². The van der Waals surface area contributed by atoms with E-state index in [4.69, 9.17) is 0 Å². The van der Waals surface area contributed by atoms with Gasteiger partial charge in [0.05, 0.1) is 0 Å². The second-order valence-corrected chi connectivity index (χ2v) is 4.52. The molecule has 1 aliphatic rings. The summed E-state index contributed by atoms with van der Waals surface area (Å²) in [5.74, 6) is 0. The molecule has 0 bridgehead atoms. The van der Waals surface area contributed by atoms with Crippen molar-refractivity contribution in [2.75, 3.05) is 6.54 Å². The lowest BCUT2D eigenvalue weighted by molar-refractivity contribution is 0.502. The largest absolute Gasteiger partial charge is 0.309 e. The molecule has 2 aromatic rings. The molecule has 86 valence electrons. The molecule has 17 heavy (non-hydrogen) atoms. The SMILES string of the molecule is c1ccc2c(c1)CCN[C@@H]2Cc1ccncc1. The summed E-state index contributed by atoms with van der Waals surface area (Å²) in [7, 11) is 0. The summed E-state index contributed by atoms with van der Waals surface area (Å²) in [6.45, 7) is 1.08. The lowest BCUT2D eigenvalue weighted by atomic mass is 9.91. The van der Waals surface area contributed by atoms with E-state index in [0.29, 0.717) is 6.04 Å². The van der Waals surface area contributed by atoms with Gasteiger partial charge in [-0.15, -0.1) is 0 Å². The molecule has 0 amide bonds. The molecule has 0 saturated heterocycles. The Hall–Kier alpha value is -1.67. The second-order valence-electron chi connectivity index (χ2n) is 4.52. The average Bonchev–Trinajstić information content (AvgIpc) is 2.40. The minimum absolute atomic E-state index is 0.447. The van der Waals surface area contributed by atoms with E-state index in [0.717, 1.165) is 19.4 Å². The van der Waals surface area contributed by atoms with Gasteiger partial charge in [-0.25, -0.2) is 0 Å². The lowest BCUT2D eigenvalue weighted by Gasteiger charge is -2.27. The number of hydrogen-bond acceptors (Lipinski definition) is 2. The van der Waals surface area contributed by atoms with E-state index in [2.05, 4.69) is 46.7 Å². The number of nitrogens with one attached hydrogen (secondary N) is 1. The molecule has 1 aromatic heterocycles. The molecule has 1 atom stereocenters. The van der Waals surface area contributed by atoms with Gasteiger partial charge in [0, 0.05) is 18.4 Å². The fourth-order valence-electron chi connectivity index (χ4n) is 2.53. The maximum Gasteiger partial charge on any atom is 0.0363 e. The molecule has 1 aliphatic heterocycles. The Morgan fingerprint density at radius 1 is 1.12 bits per heavy atom. The van der Waals surface area contributed by atoms with Crippen molar-refractivity contribution >= 4 is 0 Å². The molecule has 0 radical (unpaired) electrons. The van der Waals surface area contributed by atoms with Gasteiger partial charge in [0.15, 0.2) is 0 Å². The van der Waals surface area contributed by atoms with Crippen molar-refractivity contribution in [2.45, 2.75) is 18.9 Å². The first kappa shape index (κ1) is 10.5. The van der Waals surface area contributed by atoms with Gasteiger partial charge < -0.3 is 5.32 Å². The zero-order valence-corrected chi connectivity index (χ0v) is 9.76. The van der Waals surface area contributed by atoms with Crippen molar-refractivity contribution in [1.29, 1.82) is 0 Å². The summed E-state index contributed by atoms with van der Waals surface area (Å²) in [5.41, 5.74) is 4.29. The molecular formula is C15H16N2. The van der Waals surface area contributed by atoms with E-state index in [1.807, 2.05) is 12.4 Å². The molecule has 1 aromatic carbocycles. The number of nitrogens with zero attached hydrogens (tertiary/aromatic N) is 1. The van der Waals surface area contributed by atoms with E-state index in [1.54, 1.807) is 0 Å². The third-order valence-electron chi connectivity index (χ3n) is 3.40. The van der Waals surface area contributed by atoms with Crippen LogP contribution < -0.4 is 5.32 Å². The van der Waals surface area contributed by atoms with Crippen LogP contribution in [0.25, 0.3) is 0 Å². The summed E-state index contributed by atoms with van der Waals surface area (Å²) in [5, 5.41) is 3.60. The van der Waals surface area contributed by atoms with Gasteiger partial charge in [-0.1, -0.05) is 24.3 Å². The van der Waals surface area contributed by atoms with Gasteiger partial charge in [-0.2, -0.15) is 0 Å². The number of hydrogen-bond donors (Lipinski definition) is 1. The Morgan fingerprint density at radius 2 is 1.94 bits per heavy atom. The Labute approximate surface area is 102 Å². The molecule has 2 heterocycles. The molecular weight excluding hydrogens is 208 g/mol. The minimum Gasteiger partial charge on any atom is -0.309 e. The summed E-state index contributed by atoms with van der Waals surface area (Å²) in [6, 6.07) is 13.4. The number of pyridine rings is 1. The maximum absolute atomic E-state index is 4.06. The molecule has 0 aliphatic carbocycles. The van der Waals surface area contributed by atoms with Crippen LogP contribution in [-0.4, -0.2) is 11.5 Å². The number of aromatic nitrogens is 1. The quantitative estimate of drug-likeness (QED) is 0.847. The van der Waals surface area contributed by atoms with Gasteiger partial charge in [0.25, 0.3) is 0 Å².